The molecule has 0 aliphatic heterocycles. The molecule has 3 rings (SSSR count). The van der Waals surface area contributed by atoms with Crippen molar-refractivity contribution in [2.45, 2.75) is 6.92 Å². The minimum Gasteiger partial charge on any atom is -0.370 e. The number of H-pyrrole nitrogens is 1. The van der Waals surface area contributed by atoms with Gasteiger partial charge in [-0.05, 0) is 12.1 Å². The number of hydrogen-bond acceptors (Lipinski definition) is 5. The Kier molecular flexibility index (Phi) is 10.2. The van der Waals surface area contributed by atoms with Gasteiger partial charge >= 0.3 is 88.4 Å². The van der Waals surface area contributed by atoms with Gasteiger partial charge in [-0.2, -0.15) is 4.99 Å². The van der Waals surface area contributed by atoms with E-state index in [1.165, 1.54) is 25.1 Å². The zero-order valence-corrected chi connectivity index (χ0v) is 19.8. The summed E-state index contributed by atoms with van der Waals surface area (Å²) in [5.41, 5.74) is 6.90. The first-order valence-electron chi connectivity index (χ1n) is 8.85. The first-order valence-corrected chi connectivity index (χ1v) is 12.2. The quantitative estimate of drug-likeness (QED) is 0.0954. The molecule has 3 aromatic rings. The van der Waals surface area contributed by atoms with E-state index >= 15 is 0 Å². The second-order valence-electron chi connectivity index (χ2n) is 6.12. The van der Waals surface area contributed by atoms with Crippen LogP contribution in [0.15, 0.2) is 59.6 Å². The standard InChI is InChI=1S/C11H12N4O.C8H10AsNO5.ClH/c1-13-11(12)15-10(16)9-6-7-4-2-3-5-8(7)14-9;1-6(11)10-8-5-3-2-4-7(8)9(12,13)15-14;/h2-6,14H,1H3,(H3,12,13,15,16);2-5,14H,1H3,(H,10,11)(H,12,13);1H. The van der Waals surface area contributed by atoms with Gasteiger partial charge in [-0.25, -0.2) is 0 Å². The van der Waals surface area contributed by atoms with E-state index < -0.39 is 14.2 Å². The van der Waals surface area contributed by atoms with Crippen molar-refractivity contribution in [2.24, 2.45) is 10.7 Å². The van der Waals surface area contributed by atoms with Crippen LogP contribution in [-0.2, 0) is 12.4 Å². The Bertz CT molecular complexity index is 1130. The molecule has 0 saturated carbocycles. The van der Waals surface area contributed by atoms with E-state index in [0.29, 0.717) is 5.69 Å². The number of carbonyl (C=O) groups is 2. The van der Waals surface area contributed by atoms with Crippen molar-refractivity contribution < 1.29 is 26.6 Å². The van der Waals surface area contributed by atoms with Crippen LogP contribution >= 0.6 is 12.4 Å². The number of fused-ring (bicyclic) bond motifs is 1. The van der Waals surface area contributed by atoms with Crippen molar-refractivity contribution in [1.29, 1.82) is 0 Å². The maximum Gasteiger partial charge on any atom is 0.296 e. The van der Waals surface area contributed by atoms with Gasteiger partial charge in [0.2, 0.25) is 0 Å². The summed E-state index contributed by atoms with van der Waals surface area (Å²) in [5, 5.41) is 14.2. The summed E-state index contributed by atoms with van der Waals surface area (Å²) in [4.78, 5) is 29.1. The average Bonchev–Trinajstić information content (AvgIpc) is 3.18. The first-order chi connectivity index (χ1) is 14.7. The van der Waals surface area contributed by atoms with Crippen molar-refractivity contribution in [3.05, 3.63) is 60.3 Å². The Labute approximate surface area is 192 Å². The van der Waals surface area contributed by atoms with Crippen molar-refractivity contribution in [1.82, 2.24) is 10.3 Å². The normalized spacial score (nSPS) is 12.6. The Morgan fingerprint density at radius 3 is 2.38 bits per heavy atom. The first kappa shape index (κ1) is 27.0. The molecule has 1 aromatic heterocycles. The molecule has 2 aromatic carbocycles. The SMILES string of the molecule is CC(=O)Nc1ccccc1[As](=O)(O)OO.CNC(N)=NC(=O)c1cc2ccccc2[nH]1.Cl. The molecule has 13 heteroatoms. The van der Waals surface area contributed by atoms with E-state index in [9.17, 15) is 17.4 Å². The van der Waals surface area contributed by atoms with Crippen LogP contribution in [0.4, 0.5) is 5.69 Å². The molecule has 0 aliphatic carbocycles. The fraction of sp³-hybridized carbons (Fsp3) is 0.105. The summed E-state index contributed by atoms with van der Waals surface area (Å²) in [6.45, 7) is 1.27. The molecule has 0 radical (unpaired) electrons. The van der Waals surface area contributed by atoms with Gasteiger partial charge in [-0.3, -0.25) is 4.79 Å². The van der Waals surface area contributed by atoms with Crippen LogP contribution in [0.5, 0.6) is 0 Å². The third-order valence-corrected chi connectivity index (χ3v) is 6.43. The van der Waals surface area contributed by atoms with Crippen molar-refractivity contribution in [3.8, 4) is 0 Å². The number of benzene rings is 2. The van der Waals surface area contributed by atoms with E-state index in [2.05, 4.69) is 24.5 Å². The van der Waals surface area contributed by atoms with E-state index in [4.69, 9.17) is 11.0 Å². The number of anilines is 1. The number of halogens is 1. The van der Waals surface area contributed by atoms with E-state index in [1.54, 1.807) is 19.2 Å². The summed E-state index contributed by atoms with van der Waals surface area (Å²) in [6.07, 6.45) is 0. The van der Waals surface area contributed by atoms with Gasteiger partial charge in [0.1, 0.15) is 5.69 Å². The molecule has 0 fully saturated rings. The number of amides is 2. The molecular formula is C19H23AsClN5O6. The molecule has 1 unspecified atom stereocenters. The molecule has 172 valence electrons. The summed E-state index contributed by atoms with van der Waals surface area (Å²) < 4.78 is 24.1. The van der Waals surface area contributed by atoms with E-state index in [-0.39, 0.29) is 40.2 Å². The number of rotatable bonds is 4. The summed E-state index contributed by atoms with van der Waals surface area (Å²) in [5.74, 6) is -0.664. The number of para-hydroxylation sites is 2. The summed E-state index contributed by atoms with van der Waals surface area (Å²) in [6, 6.07) is 15.2. The number of guanidine groups is 1. The van der Waals surface area contributed by atoms with Crippen LogP contribution in [0.2, 0.25) is 0 Å². The van der Waals surface area contributed by atoms with E-state index in [1.807, 2.05) is 24.3 Å². The van der Waals surface area contributed by atoms with E-state index in [0.717, 1.165) is 10.9 Å². The number of nitrogens with zero attached hydrogens (tertiary/aromatic N) is 1. The topological polar surface area (TPSA) is 179 Å². The third-order valence-electron chi connectivity index (χ3n) is 3.87. The van der Waals surface area contributed by atoms with Gasteiger partial charge in [0, 0.05) is 18.0 Å². The number of aliphatic imine (C=N–C) groups is 1. The molecule has 1 atom stereocenters. The maximum atomic E-state index is 11.6. The molecule has 0 saturated heterocycles. The van der Waals surface area contributed by atoms with Crippen LogP contribution in [0.1, 0.15) is 17.4 Å². The minimum atomic E-state index is -4.92. The van der Waals surface area contributed by atoms with Gasteiger partial charge in [0.25, 0.3) is 5.91 Å². The van der Waals surface area contributed by atoms with Gasteiger partial charge in [0.05, 0.1) is 0 Å². The number of nitrogens with one attached hydrogen (secondary N) is 3. The Morgan fingerprint density at radius 2 is 1.78 bits per heavy atom. The molecule has 1 heterocycles. The molecule has 11 nitrogen and oxygen atoms in total. The second kappa shape index (κ2) is 12.1. The van der Waals surface area contributed by atoms with Crippen LogP contribution in [-0.4, -0.2) is 53.3 Å². The Hall–Kier alpha value is -3.08. The van der Waals surface area contributed by atoms with Gasteiger partial charge in [-0.15, -0.1) is 12.4 Å². The van der Waals surface area contributed by atoms with Crippen molar-refractivity contribution in [3.63, 3.8) is 0 Å². The number of hydrogen-bond donors (Lipinski definition) is 6. The molecule has 7 N–H and O–H groups in total. The Morgan fingerprint density at radius 1 is 1.16 bits per heavy atom. The van der Waals surface area contributed by atoms with Crippen molar-refractivity contribution in [2.75, 3.05) is 12.4 Å². The molecular weight excluding hydrogens is 505 g/mol. The second-order valence-corrected chi connectivity index (χ2v) is 9.66. The molecule has 2 amide bonds. The zero-order chi connectivity index (χ0) is 23.0. The maximum absolute atomic E-state index is 11.6. The number of carbonyl (C=O) groups excluding carboxylic acids is 2. The van der Waals surface area contributed by atoms with Gasteiger partial charge in [-0.1, -0.05) is 18.2 Å². The minimum absolute atomic E-state index is 0. The monoisotopic (exact) mass is 527 g/mol. The largest absolute Gasteiger partial charge is 0.370 e. The average molecular weight is 528 g/mol. The number of nitrogens with two attached hydrogens (primary N) is 1. The fourth-order valence-electron chi connectivity index (χ4n) is 2.47. The zero-order valence-electron chi connectivity index (χ0n) is 17.1. The molecule has 0 spiro atoms. The molecule has 32 heavy (non-hydrogen) atoms. The fourth-order valence-corrected chi connectivity index (χ4v) is 4.15. The molecule has 0 aliphatic rings. The van der Waals surface area contributed by atoms with Crippen LogP contribution in [0, 0.1) is 0 Å². The van der Waals surface area contributed by atoms with Gasteiger partial charge in [0.15, 0.2) is 5.96 Å². The van der Waals surface area contributed by atoms with Crippen LogP contribution in [0.25, 0.3) is 10.9 Å². The van der Waals surface area contributed by atoms with Crippen LogP contribution < -0.4 is 20.7 Å². The third kappa shape index (κ3) is 7.26. The predicted molar refractivity (Wildman–Crippen MR) is 123 cm³/mol. The number of aromatic amines is 1. The smallest absolute Gasteiger partial charge is 0.296 e. The predicted octanol–water partition coefficient (Wildman–Crippen LogP) is 0.967. The van der Waals surface area contributed by atoms with Crippen LogP contribution in [0.3, 0.4) is 0 Å². The Balaban J connectivity index is 0.000000311. The summed E-state index contributed by atoms with van der Waals surface area (Å²) in [7, 11) is 1.61. The molecule has 0 bridgehead atoms. The van der Waals surface area contributed by atoms with Crippen molar-refractivity contribution >= 4 is 65.3 Å². The number of aromatic nitrogens is 1. The summed E-state index contributed by atoms with van der Waals surface area (Å²) >= 11 is -4.92. The van der Waals surface area contributed by atoms with Gasteiger partial charge < -0.3 is 16.0 Å².